The second kappa shape index (κ2) is 7.25. The lowest BCUT2D eigenvalue weighted by Gasteiger charge is -2.23. The van der Waals surface area contributed by atoms with E-state index in [2.05, 4.69) is 11.0 Å². The second-order valence-corrected chi connectivity index (χ2v) is 4.33. The smallest absolute Gasteiger partial charge is 0.239 e. The largest absolute Gasteiger partial charge is 0.395 e. The van der Waals surface area contributed by atoms with Gasteiger partial charge < -0.3 is 10.0 Å². The van der Waals surface area contributed by atoms with Gasteiger partial charge in [-0.15, -0.1) is 0 Å². The molecule has 5 heteroatoms. The molecule has 0 saturated carbocycles. The number of nitriles is 1. The van der Waals surface area contributed by atoms with Crippen LogP contribution < -0.4 is 0 Å². The van der Waals surface area contributed by atoms with Crippen LogP contribution in [0, 0.1) is 17.2 Å². The van der Waals surface area contributed by atoms with E-state index in [0.29, 0.717) is 19.5 Å². The maximum atomic E-state index is 12.0. The number of hydrogen-bond acceptors (Lipinski definition) is 4. The first-order valence-electron chi connectivity index (χ1n) is 6.24. The van der Waals surface area contributed by atoms with Gasteiger partial charge in [-0.25, -0.2) is 0 Å². The minimum Gasteiger partial charge on any atom is -0.395 e. The Morgan fingerprint density at radius 1 is 1.41 bits per heavy atom. The molecule has 0 radical (unpaired) electrons. The lowest BCUT2D eigenvalue weighted by molar-refractivity contribution is -0.133. The second-order valence-electron chi connectivity index (χ2n) is 4.33. The lowest BCUT2D eigenvalue weighted by Crippen LogP contribution is -2.38. The van der Waals surface area contributed by atoms with E-state index < -0.39 is 5.92 Å². The Morgan fingerprint density at radius 3 is 2.76 bits per heavy atom. The maximum Gasteiger partial charge on any atom is 0.239 e. The summed E-state index contributed by atoms with van der Waals surface area (Å²) in [5, 5.41) is 17.8. The van der Waals surface area contributed by atoms with Crippen molar-refractivity contribution in [3.63, 3.8) is 0 Å². The summed E-state index contributed by atoms with van der Waals surface area (Å²) >= 11 is 0. The third kappa shape index (κ3) is 3.99. The third-order valence-corrected chi connectivity index (χ3v) is 3.18. The summed E-state index contributed by atoms with van der Waals surface area (Å²) in [6, 6.07) is 2.06. The predicted molar refractivity (Wildman–Crippen MR) is 64.1 cm³/mol. The van der Waals surface area contributed by atoms with Gasteiger partial charge in [0.1, 0.15) is 5.92 Å². The fourth-order valence-electron chi connectivity index (χ4n) is 2.10. The first-order valence-corrected chi connectivity index (χ1v) is 6.24. The van der Waals surface area contributed by atoms with Gasteiger partial charge in [-0.1, -0.05) is 6.92 Å². The lowest BCUT2D eigenvalue weighted by atomic mass is 10.1. The van der Waals surface area contributed by atoms with E-state index in [1.807, 2.05) is 6.92 Å². The van der Waals surface area contributed by atoms with Crippen molar-refractivity contribution in [1.82, 2.24) is 9.80 Å². The molecule has 1 aliphatic rings. The number of carbonyl (C=O) groups is 1. The Morgan fingerprint density at radius 2 is 2.18 bits per heavy atom. The zero-order valence-corrected chi connectivity index (χ0v) is 10.4. The highest BCUT2D eigenvalue weighted by molar-refractivity contribution is 5.81. The average molecular weight is 239 g/mol. The molecule has 0 spiro atoms. The number of hydrogen-bond donors (Lipinski definition) is 1. The van der Waals surface area contributed by atoms with Crippen LogP contribution in [-0.2, 0) is 4.79 Å². The van der Waals surface area contributed by atoms with Crippen LogP contribution in [0.4, 0.5) is 0 Å². The SMILES string of the molecule is CCC(C#N)C(=O)N1CCCN(CCO)CC1. The fraction of sp³-hybridized carbons (Fsp3) is 0.833. The molecule has 1 rings (SSSR count). The molecule has 0 aromatic carbocycles. The van der Waals surface area contributed by atoms with Crippen molar-refractivity contribution >= 4 is 5.91 Å². The highest BCUT2D eigenvalue weighted by Crippen LogP contribution is 2.10. The van der Waals surface area contributed by atoms with Crippen molar-refractivity contribution in [3.05, 3.63) is 0 Å². The molecule has 1 amide bonds. The van der Waals surface area contributed by atoms with E-state index in [9.17, 15) is 4.79 Å². The van der Waals surface area contributed by atoms with Gasteiger partial charge in [0.15, 0.2) is 0 Å². The van der Waals surface area contributed by atoms with Gasteiger partial charge in [-0.05, 0) is 19.4 Å². The minimum atomic E-state index is -0.501. The summed E-state index contributed by atoms with van der Waals surface area (Å²) in [7, 11) is 0. The third-order valence-electron chi connectivity index (χ3n) is 3.18. The van der Waals surface area contributed by atoms with Crippen molar-refractivity contribution < 1.29 is 9.90 Å². The normalized spacial score (nSPS) is 19.5. The molecular weight excluding hydrogens is 218 g/mol. The monoisotopic (exact) mass is 239 g/mol. The zero-order valence-electron chi connectivity index (χ0n) is 10.4. The molecule has 1 heterocycles. The van der Waals surface area contributed by atoms with Gasteiger partial charge >= 0.3 is 0 Å². The Kier molecular flexibility index (Phi) is 5.95. The van der Waals surface area contributed by atoms with Gasteiger partial charge in [-0.3, -0.25) is 9.69 Å². The number of β-amino-alcohol motifs (C(OH)–C–C–N with tert-alkyl or cyclic N) is 1. The van der Waals surface area contributed by atoms with Crippen molar-refractivity contribution in [3.8, 4) is 6.07 Å². The Bertz CT molecular complexity index is 288. The van der Waals surface area contributed by atoms with Crippen LogP contribution in [0.15, 0.2) is 0 Å². The van der Waals surface area contributed by atoms with Crippen molar-refractivity contribution in [2.24, 2.45) is 5.92 Å². The highest BCUT2D eigenvalue weighted by atomic mass is 16.3. The molecule has 1 N–H and O–H groups in total. The molecule has 0 aromatic rings. The van der Waals surface area contributed by atoms with E-state index in [4.69, 9.17) is 10.4 Å². The van der Waals surface area contributed by atoms with Crippen LogP contribution in [0.25, 0.3) is 0 Å². The highest BCUT2D eigenvalue weighted by Gasteiger charge is 2.24. The molecule has 1 fully saturated rings. The fourth-order valence-corrected chi connectivity index (χ4v) is 2.10. The summed E-state index contributed by atoms with van der Waals surface area (Å²) < 4.78 is 0. The van der Waals surface area contributed by atoms with Crippen molar-refractivity contribution in [2.45, 2.75) is 19.8 Å². The van der Waals surface area contributed by atoms with E-state index in [1.54, 1.807) is 4.90 Å². The Hall–Kier alpha value is -1.12. The number of carbonyl (C=O) groups excluding carboxylic acids is 1. The molecule has 0 aliphatic carbocycles. The molecule has 96 valence electrons. The number of aliphatic hydroxyl groups excluding tert-OH is 1. The molecule has 0 bridgehead atoms. The quantitative estimate of drug-likeness (QED) is 0.753. The predicted octanol–water partition coefficient (Wildman–Crippen LogP) is 0.0628. The summed E-state index contributed by atoms with van der Waals surface area (Å²) in [5.41, 5.74) is 0. The van der Waals surface area contributed by atoms with E-state index in [1.165, 1.54) is 0 Å². The summed E-state index contributed by atoms with van der Waals surface area (Å²) in [6.45, 7) is 5.76. The molecule has 17 heavy (non-hydrogen) atoms. The van der Waals surface area contributed by atoms with E-state index in [-0.39, 0.29) is 12.5 Å². The first kappa shape index (κ1) is 13.9. The van der Waals surface area contributed by atoms with E-state index in [0.717, 1.165) is 26.1 Å². The van der Waals surface area contributed by atoms with Gasteiger partial charge in [0, 0.05) is 26.2 Å². The average Bonchev–Trinajstić information content (AvgIpc) is 2.57. The van der Waals surface area contributed by atoms with Crippen LogP contribution in [0.5, 0.6) is 0 Å². The Labute approximate surface area is 103 Å². The van der Waals surface area contributed by atoms with Crippen LogP contribution in [0.3, 0.4) is 0 Å². The molecule has 1 aliphatic heterocycles. The molecule has 5 nitrogen and oxygen atoms in total. The van der Waals surface area contributed by atoms with Crippen LogP contribution in [0.1, 0.15) is 19.8 Å². The first-order chi connectivity index (χ1) is 8.22. The molecule has 1 atom stereocenters. The van der Waals surface area contributed by atoms with Gasteiger partial charge in [0.05, 0.1) is 12.7 Å². The van der Waals surface area contributed by atoms with Crippen LogP contribution in [0.2, 0.25) is 0 Å². The topological polar surface area (TPSA) is 67.6 Å². The van der Waals surface area contributed by atoms with Crippen molar-refractivity contribution in [2.75, 3.05) is 39.3 Å². The molecule has 0 aromatic heterocycles. The van der Waals surface area contributed by atoms with Crippen LogP contribution in [-0.4, -0.2) is 60.1 Å². The van der Waals surface area contributed by atoms with Gasteiger partial charge in [0.25, 0.3) is 0 Å². The van der Waals surface area contributed by atoms with Gasteiger partial charge in [0.2, 0.25) is 5.91 Å². The molecule has 1 unspecified atom stereocenters. The minimum absolute atomic E-state index is 0.0409. The van der Waals surface area contributed by atoms with Crippen LogP contribution >= 0.6 is 0 Å². The summed E-state index contributed by atoms with van der Waals surface area (Å²) in [4.78, 5) is 16.0. The molecular formula is C12H21N3O2. The number of nitrogens with zero attached hydrogens (tertiary/aromatic N) is 3. The van der Waals surface area contributed by atoms with Gasteiger partial charge in [-0.2, -0.15) is 5.26 Å². The summed E-state index contributed by atoms with van der Waals surface area (Å²) in [6.07, 6.45) is 1.49. The number of rotatable bonds is 4. The van der Waals surface area contributed by atoms with Crippen molar-refractivity contribution in [1.29, 1.82) is 5.26 Å². The summed E-state index contributed by atoms with van der Waals surface area (Å²) in [5.74, 6) is -0.541. The molecule has 1 saturated heterocycles. The van der Waals surface area contributed by atoms with E-state index >= 15 is 0 Å². The number of amides is 1. The maximum absolute atomic E-state index is 12.0. The zero-order chi connectivity index (χ0) is 12.7. The standard InChI is InChI=1S/C12H21N3O2/c1-2-11(10-13)12(17)15-5-3-4-14(6-7-15)8-9-16/h11,16H,2-9H2,1H3. The Balaban J connectivity index is 2.51. The number of aliphatic hydroxyl groups is 1.